The Morgan fingerprint density at radius 1 is 1.25 bits per heavy atom. The van der Waals surface area contributed by atoms with Crippen molar-refractivity contribution in [3.05, 3.63) is 60.7 Å². The predicted octanol–water partition coefficient (Wildman–Crippen LogP) is 4.80. The zero-order valence-corrected chi connectivity index (χ0v) is 11.8. The van der Waals surface area contributed by atoms with Crippen LogP contribution in [-0.2, 0) is 6.42 Å². The van der Waals surface area contributed by atoms with Gasteiger partial charge in [-0.25, -0.2) is 0 Å². The highest BCUT2D eigenvalue weighted by molar-refractivity contribution is 14.1. The summed E-state index contributed by atoms with van der Waals surface area (Å²) in [5.41, 5.74) is 1.43. The second-order valence-corrected chi connectivity index (χ2v) is 4.98. The molecule has 0 bridgehead atoms. The van der Waals surface area contributed by atoms with Gasteiger partial charge in [0, 0.05) is 0 Å². The molecule has 0 fully saturated rings. The summed E-state index contributed by atoms with van der Waals surface area (Å²) in [7, 11) is 0. The third-order valence-corrected chi connectivity index (χ3v) is 3.33. The van der Waals surface area contributed by atoms with Crippen molar-refractivity contribution >= 4 is 22.6 Å². The molecular formula is C15H19I. The lowest BCUT2D eigenvalue weighted by Crippen LogP contribution is -2.01. The standard InChI is InChI=1S/C15H19I/c1-2-3-8-14(11-7-12-16)13-15-9-5-4-6-10-15/h2-6,8-10,14H,1,7,11-13H2/b8-3+. The Morgan fingerprint density at radius 3 is 2.62 bits per heavy atom. The smallest absolute Gasteiger partial charge is 0.000451 e. The zero-order valence-electron chi connectivity index (χ0n) is 9.61. The summed E-state index contributed by atoms with van der Waals surface area (Å²) in [5, 5.41) is 0. The Balaban J connectivity index is 2.55. The molecule has 0 spiro atoms. The highest BCUT2D eigenvalue weighted by Crippen LogP contribution is 2.16. The number of allylic oxidation sites excluding steroid dienone is 3. The van der Waals surface area contributed by atoms with E-state index in [4.69, 9.17) is 0 Å². The average molecular weight is 326 g/mol. The number of alkyl halides is 1. The molecular weight excluding hydrogens is 307 g/mol. The van der Waals surface area contributed by atoms with Crippen LogP contribution in [0.15, 0.2) is 55.1 Å². The highest BCUT2D eigenvalue weighted by atomic mass is 127. The Kier molecular flexibility index (Phi) is 7.23. The van der Waals surface area contributed by atoms with E-state index in [9.17, 15) is 0 Å². The predicted molar refractivity (Wildman–Crippen MR) is 81.1 cm³/mol. The van der Waals surface area contributed by atoms with Crippen molar-refractivity contribution in [1.82, 2.24) is 0 Å². The van der Waals surface area contributed by atoms with Gasteiger partial charge in [-0.15, -0.1) is 0 Å². The fraction of sp³-hybridized carbons (Fsp3) is 0.333. The van der Waals surface area contributed by atoms with Gasteiger partial charge in [0.25, 0.3) is 0 Å². The molecule has 1 atom stereocenters. The van der Waals surface area contributed by atoms with Gasteiger partial charge in [-0.1, -0.05) is 77.7 Å². The largest absolute Gasteiger partial charge is 0.0991 e. The fourth-order valence-corrected chi connectivity index (χ4v) is 2.20. The molecule has 1 heteroatoms. The van der Waals surface area contributed by atoms with E-state index in [-0.39, 0.29) is 0 Å². The molecule has 0 aromatic heterocycles. The first-order valence-electron chi connectivity index (χ1n) is 5.76. The monoisotopic (exact) mass is 326 g/mol. The molecule has 0 aliphatic carbocycles. The molecule has 0 saturated carbocycles. The first-order valence-corrected chi connectivity index (χ1v) is 7.28. The van der Waals surface area contributed by atoms with Gasteiger partial charge < -0.3 is 0 Å². The van der Waals surface area contributed by atoms with Crippen LogP contribution in [0.4, 0.5) is 0 Å². The zero-order chi connectivity index (χ0) is 11.6. The van der Waals surface area contributed by atoms with Gasteiger partial charge in [-0.05, 0) is 35.2 Å². The van der Waals surface area contributed by atoms with Gasteiger partial charge in [0.15, 0.2) is 0 Å². The summed E-state index contributed by atoms with van der Waals surface area (Å²) in [6, 6.07) is 10.7. The lowest BCUT2D eigenvalue weighted by molar-refractivity contribution is 0.583. The van der Waals surface area contributed by atoms with E-state index in [0.29, 0.717) is 5.92 Å². The SMILES string of the molecule is C=C/C=C/C(CCCI)Cc1ccccc1. The van der Waals surface area contributed by atoms with Crippen LogP contribution in [0.5, 0.6) is 0 Å². The van der Waals surface area contributed by atoms with Crippen LogP contribution in [0.25, 0.3) is 0 Å². The van der Waals surface area contributed by atoms with Crippen LogP contribution < -0.4 is 0 Å². The first kappa shape index (κ1) is 13.5. The van der Waals surface area contributed by atoms with E-state index in [1.54, 1.807) is 0 Å². The molecule has 1 aromatic carbocycles. The number of rotatable bonds is 7. The van der Waals surface area contributed by atoms with Gasteiger partial charge in [0.05, 0.1) is 0 Å². The Labute approximate surface area is 113 Å². The van der Waals surface area contributed by atoms with Crippen LogP contribution in [0.1, 0.15) is 18.4 Å². The summed E-state index contributed by atoms with van der Waals surface area (Å²) in [4.78, 5) is 0. The van der Waals surface area contributed by atoms with Crippen molar-refractivity contribution in [2.45, 2.75) is 19.3 Å². The second kappa shape index (κ2) is 8.57. The molecule has 0 aliphatic rings. The van der Waals surface area contributed by atoms with Crippen molar-refractivity contribution in [2.75, 3.05) is 4.43 Å². The van der Waals surface area contributed by atoms with E-state index >= 15 is 0 Å². The maximum Gasteiger partial charge on any atom is -0.000451 e. The minimum Gasteiger partial charge on any atom is -0.0991 e. The van der Waals surface area contributed by atoms with E-state index in [2.05, 4.69) is 71.7 Å². The van der Waals surface area contributed by atoms with Crippen molar-refractivity contribution in [2.24, 2.45) is 5.92 Å². The topological polar surface area (TPSA) is 0 Å². The van der Waals surface area contributed by atoms with Crippen molar-refractivity contribution in [1.29, 1.82) is 0 Å². The lowest BCUT2D eigenvalue weighted by atomic mass is 9.94. The first-order chi connectivity index (χ1) is 7.86. The highest BCUT2D eigenvalue weighted by Gasteiger charge is 2.05. The van der Waals surface area contributed by atoms with E-state index in [0.717, 1.165) is 6.42 Å². The summed E-state index contributed by atoms with van der Waals surface area (Å²) in [5.74, 6) is 0.648. The summed E-state index contributed by atoms with van der Waals surface area (Å²) in [6.45, 7) is 3.73. The van der Waals surface area contributed by atoms with Gasteiger partial charge in [0.2, 0.25) is 0 Å². The van der Waals surface area contributed by atoms with Gasteiger partial charge in [0.1, 0.15) is 0 Å². The minimum absolute atomic E-state index is 0.648. The summed E-state index contributed by atoms with van der Waals surface area (Å²) in [6.07, 6.45) is 9.92. The number of halogens is 1. The van der Waals surface area contributed by atoms with Gasteiger partial charge >= 0.3 is 0 Å². The van der Waals surface area contributed by atoms with Crippen molar-refractivity contribution < 1.29 is 0 Å². The van der Waals surface area contributed by atoms with Crippen molar-refractivity contribution in [3.8, 4) is 0 Å². The molecule has 0 saturated heterocycles. The third-order valence-electron chi connectivity index (χ3n) is 2.57. The molecule has 0 aliphatic heterocycles. The molecule has 0 heterocycles. The molecule has 16 heavy (non-hydrogen) atoms. The maximum atomic E-state index is 3.73. The lowest BCUT2D eigenvalue weighted by Gasteiger charge is -2.11. The molecule has 0 radical (unpaired) electrons. The maximum absolute atomic E-state index is 3.73. The number of hydrogen-bond donors (Lipinski definition) is 0. The minimum atomic E-state index is 0.648. The van der Waals surface area contributed by atoms with Gasteiger partial charge in [-0.3, -0.25) is 0 Å². The Hall–Kier alpha value is -0.570. The van der Waals surface area contributed by atoms with Crippen LogP contribution in [0.3, 0.4) is 0 Å². The molecule has 86 valence electrons. The van der Waals surface area contributed by atoms with E-state index < -0.39 is 0 Å². The average Bonchev–Trinajstić information content (AvgIpc) is 2.34. The van der Waals surface area contributed by atoms with Gasteiger partial charge in [-0.2, -0.15) is 0 Å². The second-order valence-electron chi connectivity index (χ2n) is 3.90. The fourth-order valence-electron chi connectivity index (χ4n) is 1.76. The van der Waals surface area contributed by atoms with Crippen LogP contribution in [0.2, 0.25) is 0 Å². The molecule has 0 N–H and O–H groups in total. The van der Waals surface area contributed by atoms with E-state index in [1.807, 2.05) is 6.08 Å². The van der Waals surface area contributed by atoms with Crippen LogP contribution >= 0.6 is 22.6 Å². The molecule has 0 amide bonds. The number of hydrogen-bond acceptors (Lipinski definition) is 0. The van der Waals surface area contributed by atoms with Crippen LogP contribution in [-0.4, -0.2) is 4.43 Å². The van der Waals surface area contributed by atoms with Crippen LogP contribution in [0, 0.1) is 5.92 Å². The molecule has 1 unspecified atom stereocenters. The Morgan fingerprint density at radius 2 is 2.00 bits per heavy atom. The molecule has 1 aromatic rings. The summed E-state index contributed by atoms with van der Waals surface area (Å²) < 4.78 is 1.24. The third kappa shape index (κ3) is 5.50. The summed E-state index contributed by atoms with van der Waals surface area (Å²) >= 11 is 2.45. The van der Waals surface area contributed by atoms with Crippen molar-refractivity contribution in [3.63, 3.8) is 0 Å². The van der Waals surface area contributed by atoms with E-state index in [1.165, 1.54) is 22.8 Å². The number of benzene rings is 1. The Bertz CT molecular complexity index is 313. The normalized spacial score (nSPS) is 12.8. The molecule has 1 rings (SSSR count). The quantitative estimate of drug-likeness (QED) is 0.383. The molecule has 0 nitrogen and oxygen atoms in total.